The first-order valence-electron chi connectivity index (χ1n) is 12.8. The molecule has 0 spiro atoms. The highest BCUT2D eigenvalue weighted by Gasteiger charge is 2.33. The van der Waals surface area contributed by atoms with Gasteiger partial charge in [0.05, 0.1) is 7.11 Å². The standard InChI is InChI=1S/C28H36N2O4/c1-32-25-20-21(33-17-15-29-11-4-2-5-12-29)19-23-27(25)26-22(28(23)31)9-8-10-24(26)34-18-16-30-13-6-3-7-14-30/h8-10,19-20H,2-7,11-18H2,1H3. The molecule has 0 bridgehead atoms. The average Bonchev–Trinajstić information content (AvgIpc) is 3.17. The van der Waals surface area contributed by atoms with Crippen LogP contribution in [0.1, 0.15) is 54.4 Å². The molecule has 1 aliphatic carbocycles. The Bertz CT molecular complexity index is 1010. The zero-order chi connectivity index (χ0) is 23.3. The fourth-order valence-corrected chi connectivity index (χ4v) is 5.46. The molecule has 2 fully saturated rings. The minimum Gasteiger partial charge on any atom is -0.496 e. The van der Waals surface area contributed by atoms with E-state index in [2.05, 4.69) is 9.80 Å². The predicted molar refractivity (Wildman–Crippen MR) is 133 cm³/mol. The number of likely N-dealkylation sites (tertiary alicyclic amines) is 2. The van der Waals surface area contributed by atoms with Gasteiger partial charge in [0.1, 0.15) is 30.5 Å². The van der Waals surface area contributed by atoms with Crippen molar-refractivity contribution < 1.29 is 19.0 Å². The van der Waals surface area contributed by atoms with E-state index in [1.165, 1.54) is 38.5 Å². The maximum absolute atomic E-state index is 13.3. The SMILES string of the molecule is COc1cc(OCCN2CCCCC2)cc2c1-c1c(OCCN3CCCCC3)cccc1C2=O. The molecule has 0 amide bonds. The van der Waals surface area contributed by atoms with Gasteiger partial charge < -0.3 is 14.2 Å². The third kappa shape index (κ3) is 4.93. The third-order valence-electron chi connectivity index (χ3n) is 7.30. The monoisotopic (exact) mass is 464 g/mol. The van der Waals surface area contributed by atoms with Crippen LogP contribution in [-0.4, -0.2) is 75.2 Å². The molecule has 2 aromatic carbocycles. The lowest BCUT2D eigenvalue weighted by atomic mass is 10.0. The van der Waals surface area contributed by atoms with Crippen molar-refractivity contribution in [3.05, 3.63) is 41.5 Å². The normalized spacial score (nSPS) is 18.4. The largest absolute Gasteiger partial charge is 0.496 e. The summed E-state index contributed by atoms with van der Waals surface area (Å²) in [6.07, 6.45) is 7.71. The van der Waals surface area contributed by atoms with Crippen LogP contribution in [0.2, 0.25) is 0 Å². The highest BCUT2D eigenvalue weighted by Crippen LogP contribution is 2.48. The molecule has 0 unspecified atom stereocenters. The number of carbonyl (C=O) groups excluding carboxylic acids is 1. The molecule has 0 radical (unpaired) electrons. The Morgan fingerprint density at radius 1 is 0.735 bits per heavy atom. The number of carbonyl (C=O) groups is 1. The van der Waals surface area contributed by atoms with Gasteiger partial charge in [-0.2, -0.15) is 0 Å². The highest BCUT2D eigenvalue weighted by molar-refractivity contribution is 6.23. The molecule has 0 atom stereocenters. The Kier molecular flexibility index (Phi) is 7.36. The summed E-state index contributed by atoms with van der Waals surface area (Å²) in [6.45, 7) is 7.61. The van der Waals surface area contributed by atoms with Crippen molar-refractivity contribution in [3.63, 3.8) is 0 Å². The minimum atomic E-state index is 0.00580. The molecule has 3 aliphatic rings. The van der Waals surface area contributed by atoms with Crippen molar-refractivity contribution in [2.24, 2.45) is 0 Å². The number of rotatable bonds is 9. The number of hydrogen-bond acceptors (Lipinski definition) is 6. The number of benzene rings is 2. The number of hydrogen-bond donors (Lipinski definition) is 0. The lowest BCUT2D eigenvalue weighted by Crippen LogP contribution is -2.33. The summed E-state index contributed by atoms with van der Waals surface area (Å²) in [5.41, 5.74) is 2.97. The Labute approximate surface area is 202 Å². The topological polar surface area (TPSA) is 51.2 Å². The molecular formula is C28H36N2O4. The first kappa shape index (κ1) is 23.2. The molecule has 0 saturated carbocycles. The first-order chi connectivity index (χ1) is 16.7. The molecule has 2 saturated heterocycles. The molecule has 34 heavy (non-hydrogen) atoms. The summed E-state index contributed by atoms with van der Waals surface area (Å²) in [5, 5.41) is 0. The summed E-state index contributed by atoms with van der Waals surface area (Å²) in [4.78, 5) is 18.2. The Hall–Kier alpha value is -2.57. The van der Waals surface area contributed by atoms with E-state index in [1.807, 2.05) is 30.3 Å². The smallest absolute Gasteiger partial charge is 0.194 e. The van der Waals surface area contributed by atoms with Gasteiger partial charge in [0, 0.05) is 41.4 Å². The number of fused-ring (bicyclic) bond motifs is 3. The van der Waals surface area contributed by atoms with Crippen LogP contribution in [0.25, 0.3) is 11.1 Å². The number of piperidine rings is 2. The van der Waals surface area contributed by atoms with Crippen LogP contribution in [-0.2, 0) is 0 Å². The summed E-state index contributed by atoms with van der Waals surface area (Å²) in [7, 11) is 1.65. The van der Waals surface area contributed by atoms with E-state index in [1.54, 1.807) is 7.11 Å². The fourth-order valence-electron chi connectivity index (χ4n) is 5.46. The van der Waals surface area contributed by atoms with Gasteiger partial charge in [-0.25, -0.2) is 0 Å². The van der Waals surface area contributed by atoms with E-state index in [0.717, 1.165) is 56.1 Å². The Morgan fingerprint density at radius 3 is 2.00 bits per heavy atom. The van der Waals surface area contributed by atoms with E-state index in [0.29, 0.717) is 35.8 Å². The summed E-state index contributed by atoms with van der Waals surface area (Å²) < 4.78 is 18.1. The van der Waals surface area contributed by atoms with Crippen LogP contribution in [0.5, 0.6) is 17.2 Å². The second-order valence-corrected chi connectivity index (χ2v) is 9.56. The van der Waals surface area contributed by atoms with E-state index >= 15 is 0 Å². The van der Waals surface area contributed by atoms with Crippen molar-refractivity contribution >= 4 is 5.78 Å². The van der Waals surface area contributed by atoms with Crippen LogP contribution in [0.15, 0.2) is 30.3 Å². The molecule has 2 aliphatic heterocycles. The molecule has 6 nitrogen and oxygen atoms in total. The molecule has 182 valence electrons. The zero-order valence-electron chi connectivity index (χ0n) is 20.3. The number of ketones is 1. The summed E-state index contributed by atoms with van der Waals surface area (Å²) in [6, 6.07) is 9.52. The fraction of sp³-hybridized carbons (Fsp3) is 0.536. The second-order valence-electron chi connectivity index (χ2n) is 9.56. The van der Waals surface area contributed by atoms with Crippen molar-refractivity contribution in [3.8, 4) is 28.4 Å². The third-order valence-corrected chi connectivity index (χ3v) is 7.30. The number of nitrogens with zero attached hydrogens (tertiary/aromatic N) is 2. The minimum absolute atomic E-state index is 0.00580. The highest BCUT2D eigenvalue weighted by atomic mass is 16.5. The second kappa shape index (κ2) is 10.8. The number of ether oxygens (including phenoxy) is 3. The van der Waals surface area contributed by atoms with E-state index < -0.39 is 0 Å². The van der Waals surface area contributed by atoms with E-state index in [9.17, 15) is 4.79 Å². The van der Waals surface area contributed by atoms with Gasteiger partial charge in [0.25, 0.3) is 0 Å². The van der Waals surface area contributed by atoms with Gasteiger partial charge >= 0.3 is 0 Å². The van der Waals surface area contributed by atoms with Crippen LogP contribution >= 0.6 is 0 Å². The van der Waals surface area contributed by atoms with E-state index in [4.69, 9.17) is 14.2 Å². The van der Waals surface area contributed by atoms with Gasteiger partial charge in [-0.3, -0.25) is 14.6 Å². The van der Waals surface area contributed by atoms with Crippen molar-refractivity contribution in [2.75, 3.05) is 59.6 Å². The number of methoxy groups -OCH3 is 1. The molecule has 2 heterocycles. The molecule has 0 N–H and O–H groups in total. The molecular weight excluding hydrogens is 428 g/mol. The van der Waals surface area contributed by atoms with Crippen molar-refractivity contribution in [1.82, 2.24) is 9.80 Å². The molecule has 0 aromatic heterocycles. The summed E-state index contributed by atoms with van der Waals surface area (Å²) >= 11 is 0. The zero-order valence-corrected chi connectivity index (χ0v) is 20.3. The summed E-state index contributed by atoms with van der Waals surface area (Å²) in [5.74, 6) is 2.09. The van der Waals surface area contributed by atoms with Crippen LogP contribution < -0.4 is 14.2 Å². The van der Waals surface area contributed by atoms with Crippen LogP contribution in [0.4, 0.5) is 0 Å². The molecule has 6 heteroatoms. The Morgan fingerprint density at radius 2 is 1.35 bits per heavy atom. The maximum atomic E-state index is 13.3. The molecule has 5 rings (SSSR count). The average molecular weight is 465 g/mol. The lowest BCUT2D eigenvalue weighted by molar-refractivity contribution is 0.104. The van der Waals surface area contributed by atoms with E-state index in [-0.39, 0.29) is 5.78 Å². The van der Waals surface area contributed by atoms with Crippen molar-refractivity contribution in [2.45, 2.75) is 38.5 Å². The lowest BCUT2D eigenvalue weighted by Gasteiger charge is -2.26. The van der Waals surface area contributed by atoms with Crippen LogP contribution in [0, 0.1) is 0 Å². The van der Waals surface area contributed by atoms with Gasteiger partial charge in [0.2, 0.25) is 0 Å². The quantitative estimate of drug-likeness (QED) is 0.460. The maximum Gasteiger partial charge on any atom is 0.194 e. The Balaban J connectivity index is 1.32. The molecule has 2 aromatic rings. The first-order valence-corrected chi connectivity index (χ1v) is 12.8. The van der Waals surface area contributed by atoms with Crippen LogP contribution in [0.3, 0.4) is 0 Å². The predicted octanol–water partition coefficient (Wildman–Crippen LogP) is 4.64. The van der Waals surface area contributed by atoms with Crippen molar-refractivity contribution in [1.29, 1.82) is 0 Å². The van der Waals surface area contributed by atoms with Gasteiger partial charge in [-0.1, -0.05) is 25.0 Å². The van der Waals surface area contributed by atoms with Gasteiger partial charge in [-0.15, -0.1) is 0 Å². The van der Waals surface area contributed by atoms with Gasteiger partial charge in [0.15, 0.2) is 5.78 Å². The van der Waals surface area contributed by atoms with Gasteiger partial charge in [-0.05, 0) is 64.0 Å².